The number of nitrogens with zero attached hydrogens (tertiary/aromatic N) is 2. The summed E-state index contributed by atoms with van der Waals surface area (Å²) in [6.45, 7) is 12.0. The van der Waals surface area contributed by atoms with Crippen molar-refractivity contribution in [2.75, 3.05) is 11.9 Å². The average Bonchev–Trinajstić information content (AvgIpc) is 3.02. The van der Waals surface area contributed by atoms with Crippen LogP contribution in [0, 0.1) is 12.8 Å². The maximum Gasteiger partial charge on any atom is 0.134 e. The zero-order valence-corrected chi connectivity index (χ0v) is 12.2. The van der Waals surface area contributed by atoms with E-state index in [1.165, 1.54) is 12.0 Å². The van der Waals surface area contributed by atoms with Crippen molar-refractivity contribution in [1.82, 2.24) is 9.97 Å². The second kappa shape index (κ2) is 5.25. The van der Waals surface area contributed by atoms with E-state index in [0.717, 1.165) is 36.2 Å². The Hall–Kier alpha value is -1.12. The Morgan fingerprint density at radius 1 is 1.33 bits per heavy atom. The first-order chi connectivity index (χ1) is 8.54. The van der Waals surface area contributed by atoms with Crippen LogP contribution in [-0.4, -0.2) is 16.5 Å². The highest BCUT2D eigenvalue weighted by atomic mass is 15.0. The van der Waals surface area contributed by atoms with E-state index >= 15 is 0 Å². The van der Waals surface area contributed by atoms with Crippen molar-refractivity contribution in [3.05, 3.63) is 17.1 Å². The van der Waals surface area contributed by atoms with Gasteiger partial charge in [-0.15, -0.1) is 0 Å². The van der Waals surface area contributed by atoms with Gasteiger partial charge in [-0.2, -0.15) is 0 Å². The van der Waals surface area contributed by atoms with Crippen LogP contribution < -0.4 is 5.32 Å². The number of anilines is 1. The van der Waals surface area contributed by atoms with Crippen LogP contribution in [0.15, 0.2) is 0 Å². The first kappa shape index (κ1) is 13.3. The SMILES string of the molecule is CCCNc1nc(C2CC2C)nc(C)c1C(C)C. The molecule has 1 aromatic rings. The number of hydrogen-bond acceptors (Lipinski definition) is 3. The molecule has 1 fully saturated rings. The minimum Gasteiger partial charge on any atom is -0.370 e. The minimum atomic E-state index is 0.468. The lowest BCUT2D eigenvalue weighted by molar-refractivity contribution is 0.782. The zero-order chi connectivity index (χ0) is 13.3. The summed E-state index contributed by atoms with van der Waals surface area (Å²) in [6.07, 6.45) is 2.36. The van der Waals surface area contributed by atoms with Gasteiger partial charge in [0.15, 0.2) is 0 Å². The molecule has 0 amide bonds. The summed E-state index contributed by atoms with van der Waals surface area (Å²) in [7, 11) is 0. The van der Waals surface area contributed by atoms with Crippen LogP contribution in [-0.2, 0) is 0 Å². The summed E-state index contributed by atoms with van der Waals surface area (Å²) in [5.74, 6) is 3.92. The number of hydrogen-bond donors (Lipinski definition) is 1. The normalized spacial score (nSPS) is 22.3. The molecule has 0 bridgehead atoms. The molecule has 0 aliphatic heterocycles. The molecule has 2 rings (SSSR count). The standard InChI is InChI=1S/C15H25N3/c1-6-7-16-15-13(9(2)3)11(5)17-14(18-15)12-8-10(12)4/h9-10,12H,6-8H2,1-5H3,(H,16,17,18). The molecule has 0 saturated heterocycles. The molecular weight excluding hydrogens is 222 g/mol. The van der Waals surface area contributed by atoms with Crippen LogP contribution >= 0.6 is 0 Å². The molecule has 3 heteroatoms. The Morgan fingerprint density at radius 3 is 2.50 bits per heavy atom. The Kier molecular flexibility index (Phi) is 3.88. The van der Waals surface area contributed by atoms with Gasteiger partial charge in [0.05, 0.1) is 0 Å². The molecule has 2 atom stereocenters. The van der Waals surface area contributed by atoms with E-state index in [-0.39, 0.29) is 0 Å². The zero-order valence-electron chi connectivity index (χ0n) is 12.2. The third-order valence-corrected chi connectivity index (χ3v) is 3.71. The fourth-order valence-electron chi connectivity index (χ4n) is 2.52. The molecule has 1 saturated carbocycles. The number of aryl methyl sites for hydroxylation is 1. The quantitative estimate of drug-likeness (QED) is 0.858. The van der Waals surface area contributed by atoms with E-state index < -0.39 is 0 Å². The molecule has 1 aliphatic carbocycles. The van der Waals surface area contributed by atoms with E-state index in [9.17, 15) is 0 Å². The van der Waals surface area contributed by atoms with Gasteiger partial charge in [-0.05, 0) is 31.6 Å². The van der Waals surface area contributed by atoms with Crippen LogP contribution in [0.1, 0.15) is 69.5 Å². The van der Waals surface area contributed by atoms with Crippen molar-refractivity contribution >= 4 is 5.82 Å². The summed E-state index contributed by atoms with van der Waals surface area (Å²) in [5, 5.41) is 3.47. The largest absolute Gasteiger partial charge is 0.370 e. The number of rotatable bonds is 5. The maximum absolute atomic E-state index is 4.78. The van der Waals surface area contributed by atoms with Crippen LogP contribution in [0.2, 0.25) is 0 Å². The number of aromatic nitrogens is 2. The fourth-order valence-corrected chi connectivity index (χ4v) is 2.52. The van der Waals surface area contributed by atoms with Crippen LogP contribution in [0.25, 0.3) is 0 Å². The Labute approximate surface area is 110 Å². The van der Waals surface area contributed by atoms with E-state index in [4.69, 9.17) is 9.97 Å². The fraction of sp³-hybridized carbons (Fsp3) is 0.733. The first-order valence-electron chi connectivity index (χ1n) is 7.16. The second-order valence-electron chi connectivity index (χ2n) is 5.83. The molecule has 1 aromatic heterocycles. The Balaban J connectivity index is 2.34. The molecule has 0 radical (unpaired) electrons. The van der Waals surface area contributed by atoms with Gasteiger partial charge in [-0.25, -0.2) is 9.97 Å². The first-order valence-corrected chi connectivity index (χ1v) is 7.16. The third-order valence-electron chi connectivity index (χ3n) is 3.71. The highest BCUT2D eigenvalue weighted by Crippen LogP contribution is 2.46. The Morgan fingerprint density at radius 2 is 2.00 bits per heavy atom. The van der Waals surface area contributed by atoms with Gasteiger partial charge in [-0.3, -0.25) is 0 Å². The third kappa shape index (κ3) is 2.65. The van der Waals surface area contributed by atoms with E-state index in [1.54, 1.807) is 0 Å². The van der Waals surface area contributed by atoms with Crippen molar-refractivity contribution < 1.29 is 0 Å². The smallest absolute Gasteiger partial charge is 0.134 e. The van der Waals surface area contributed by atoms with E-state index in [2.05, 4.69) is 39.9 Å². The molecule has 18 heavy (non-hydrogen) atoms. The number of nitrogens with one attached hydrogen (secondary N) is 1. The molecule has 1 heterocycles. The van der Waals surface area contributed by atoms with Crippen molar-refractivity contribution in [3.8, 4) is 0 Å². The van der Waals surface area contributed by atoms with E-state index in [0.29, 0.717) is 11.8 Å². The van der Waals surface area contributed by atoms with E-state index in [1.807, 2.05) is 0 Å². The van der Waals surface area contributed by atoms with Gasteiger partial charge in [-0.1, -0.05) is 27.7 Å². The maximum atomic E-state index is 4.78. The molecule has 2 unspecified atom stereocenters. The van der Waals surface area contributed by atoms with Gasteiger partial charge in [0.25, 0.3) is 0 Å². The van der Waals surface area contributed by atoms with Crippen molar-refractivity contribution in [2.24, 2.45) is 5.92 Å². The molecule has 0 aromatic carbocycles. The lowest BCUT2D eigenvalue weighted by Crippen LogP contribution is -2.11. The van der Waals surface area contributed by atoms with Crippen molar-refractivity contribution in [1.29, 1.82) is 0 Å². The summed E-state index contributed by atoms with van der Waals surface area (Å²) >= 11 is 0. The Bertz CT molecular complexity index is 426. The topological polar surface area (TPSA) is 37.8 Å². The highest BCUT2D eigenvalue weighted by molar-refractivity contribution is 5.49. The molecular formula is C15H25N3. The van der Waals surface area contributed by atoms with Crippen molar-refractivity contribution in [2.45, 2.75) is 59.3 Å². The van der Waals surface area contributed by atoms with Crippen molar-refractivity contribution in [3.63, 3.8) is 0 Å². The van der Waals surface area contributed by atoms with Crippen LogP contribution in [0.4, 0.5) is 5.82 Å². The monoisotopic (exact) mass is 247 g/mol. The lowest BCUT2D eigenvalue weighted by Gasteiger charge is -2.17. The van der Waals surface area contributed by atoms with Gasteiger partial charge in [0.2, 0.25) is 0 Å². The molecule has 0 spiro atoms. The summed E-state index contributed by atoms with van der Waals surface area (Å²) in [4.78, 5) is 9.51. The summed E-state index contributed by atoms with van der Waals surface area (Å²) in [6, 6.07) is 0. The summed E-state index contributed by atoms with van der Waals surface area (Å²) in [5.41, 5.74) is 2.42. The van der Waals surface area contributed by atoms with Crippen LogP contribution in [0.3, 0.4) is 0 Å². The second-order valence-corrected chi connectivity index (χ2v) is 5.83. The molecule has 100 valence electrons. The van der Waals surface area contributed by atoms with Gasteiger partial charge < -0.3 is 5.32 Å². The summed E-state index contributed by atoms with van der Waals surface area (Å²) < 4.78 is 0. The molecule has 1 N–H and O–H groups in total. The van der Waals surface area contributed by atoms with Gasteiger partial charge in [0, 0.05) is 23.7 Å². The molecule has 3 nitrogen and oxygen atoms in total. The van der Waals surface area contributed by atoms with Gasteiger partial charge >= 0.3 is 0 Å². The predicted octanol–water partition coefficient (Wildman–Crippen LogP) is 3.85. The molecule has 1 aliphatic rings. The highest BCUT2D eigenvalue weighted by Gasteiger charge is 2.37. The lowest BCUT2D eigenvalue weighted by atomic mass is 10.0. The van der Waals surface area contributed by atoms with Crippen LogP contribution in [0.5, 0.6) is 0 Å². The average molecular weight is 247 g/mol. The van der Waals surface area contributed by atoms with Gasteiger partial charge in [0.1, 0.15) is 11.6 Å². The predicted molar refractivity (Wildman–Crippen MR) is 76.2 cm³/mol. The minimum absolute atomic E-state index is 0.468.